The minimum absolute atomic E-state index is 0.00833. The number of H-pyrrole nitrogens is 1. The number of benzene rings is 1. The number of amides is 2. The molecule has 1 unspecified atom stereocenters. The molecule has 1 aliphatic carbocycles. The molecule has 0 aliphatic heterocycles. The molecule has 27 heavy (non-hydrogen) atoms. The van der Waals surface area contributed by atoms with E-state index in [2.05, 4.69) is 34.4 Å². The molecule has 1 atom stereocenters. The number of rotatable bonds is 7. The highest BCUT2D eigenvalue weighted by atomic mass is 16.2. The van der Waals surface area contributed by atoms with E-state index in [1.54, 1.807) is 0 Å². The quantitative estimate of drug-likeness (QED) is 0.697. The van der Waals surface area contributed by atoms with Crippen LogP contribution in [0.4, 0.5) is 0 Å². The number of nitrogens with zero attached hydrogens (tertiary/aromatic N) is 1. The first-order chi connectivity index (χ1) is 13.0. The maximum atomic E-state index is 12.4. The number of aromatic amines is 1. The van der Waals surface area contributed by atoms with Crippen molar-refractivity contribution in [1.82, 2.24) is 20.6 Å². The highest BCUT2D eigenvalue weighted by Gasteiger charge is 2.23. The van der Waals surface area contributed by atoms with Crippen molar-refractivity contribution in [2.45, 2.75) is 58.4 Å². The van der Waals surface area contributed by atoms with Gasteiger partial charge in [-0.3, -0.25) is 9.59 Å². The Morgan fingerprint density at radius 3 is 2.63 bits per heavy atom. The Hall–Kier alpha value is -2.37. The third-order valence-corrected chi connectivity index (χ3v) is 5.18. The summed E-state index contributed by atoms with van der Waals surface area (Å²) in [4.78, 5) is 32.6. The van der Waals surface area contributed by atoms with Crippen LogP contribution in [0, 0.1) is 11.8 Å². The lowest BCUT2D eigenvalue weighted by atomic mass is 9.89. The van der Waals surface area contributed by atoms with Gasteiger partial charge in [0.2, 0.25) is 11.8 Å². The van der Waals surface area contributed by atoms with E-state index in [4.69, 9.17) is 0 Å². The van der Waals surface area contributed by atoms with Gasteiger partial charge in [-0.15, -0.1) is 0 Å². The van der Waals surface area contributed by atoms with Gasteiger partial charge in [0.15, 0.2) is 0 Å². The SMILES string of the molecule is CC(C)CC(NC(=O)CNC(=O)C1CCCCC1)c1nc2ccccc2[nH]1. The lowest BCUT2D eigenvalue weighted by Crippen LogP contribution is -2.41. The van der Waals surface area contributed by atoms with Crippen molar-refractivity contribution < 1.29 is 9.59 Å². The standard InChI is InChI=1S/C21H30N4O2/c1-14(2)12-18(20-24-16-10-6-7-11-17(16)25-20)23-19(26)13-22-21(27)15-8-4-3-5-9-15/h6-7,10-11,14-15,18H,3-5,8-9,12-13H2,1-2H3,(H,22,27)(H,23,26)(H,24,25). The molecule has 0 spiro atoms. The maximum Gasteiger partial charge on any atom is 0.239 e. The Balaban J connectivity index is 1.60. The predicted octanol–water partition coefficient (Wildman–Crippen LogP) is 3.46. The molecule has 0 saturated heterocycles. The van der Waals surface area contributed by atoms with E-state index in [9.17, 15) is 9.59 Å². The normalized spacial score (nSPS) is 16.4. The van der Waals surface area contributed by atoms with Crippen molar-refractivity contribution >= 4 is 22.8 Å². The molecule has 6 heteroatoms. The summed E-state index contributed by atoms with van der Waals surface area (Å²) < 4.78 is 0. The summed E-state index contributed by atoms with van der Waals surface area (Å²) in [7, 11) is 0. The van der Waals surface area contributed by atoms with Gasteiger partial charge in [-0.25, -0.2) is 4.98 Å². The van der Waals surface area contributed by atoms with E-state index in [-0.39, 0.29) is 30.3 Å². The molecule has 3 rings (SSSR count). The number of nitrogens with one attached hydrogen (secondary N) is 3. The average molecular weight is 370 g/mol. The molecule has 1 aromatic heterocycles. The van der Waals surface area contributed by atoms with E-state index in [1.165, 1.54) is 6.42 Å². The summed E-state index contributed by atoms with van der Waals surface area (Å²) in [6.45, 7) is 4.25. The first-order valence-corrected chi connectivity index (χ1v) is 10.0. The number of carbonyl (C=O) groups is 2. The van der Waals surface area contributed by atoms with Gasteiger partial charge in [-0.1, -0.05) is 45.2 Å². The number of carbonyl (C=O) groups excluding carboxylic acids is 2. The molecule has 1 heterocycles. The second kappa shape index (κ2) is 9.02. The third-order valence-electron chi connectivity index (χ3n) is 5.18. The highest BCUT2D eigenvalue weighted by Crippen LogP contribution is 2.24. The highest BCUT2D eigenvalue weighted by molar-refractivity contribution is 5.86. The molecule has 1 aliphatic rings. The van der Waals surface area contributed by atoms with Gasteiger partial charge in [-0.05, 0) is 37.3 Å². The molecule has 146 valence electrons. The second-order valence-corrected chi connectivity index (χ2v) is 7.94. The molecular formula is C21H30N4O2. The largest absolute Gasteiger partial charge is 0.347 e. The molecule has 1 aromatic carbocycles. The Morgan fingerprint density at radius 1 is 1.19 bits per heavy atom. The van der Waals surface area contributed by atoms with Crippen LogP contribution in [-0.4, -0.2) is 28.3 Å². The molecule has 2 amide bonds. The van der Waals surface area contributed by atoms with Gasteiger partial charge in [0.1, 0.15) is 5.82 Å². The molecule has 1 fully saturated rings. The summed E-state index contributed by atoms with van der Waals surface area (Å²) in [5, 5.41) is 5.84. The molecule has 2 aromatic rings. The van der Waals surface area contributed by atoms with Crippen LogP contribution in [0.15, 0.2) is 24.3 Å². The topological polar surface area (TPSA) is 86.9 Å². The Labute approximate surface area is 160 Å². The molecular weight excluding hydrogens is 340 g/mol. The summed E-state index contributed by atoms with van der Waals surface area (Å²) in [6, 6.07) is 7.64. The first kappa shape index (κ1) is 19.4. The van der Waals surface area contributed by atoms with Gasteiger partial charge in [0, 0.05) is 5.92 Å². The van der Waals surface area contributed by atoms with Crippen molar-refractivity contribution in [2.24, 2.45) is 11.8 Å². The first-order valence-electron chi connectivity index (χ1n) is 10.0. The van der Waals surface area contributed by atoms with Crippen molar-refractivity contribution in [1.29, 1.82) is 0 Å². The van der Waals surface area contributed by atoms with Crippen LogP contribution in [0.25, 0.3) is 11.0 Å². The summed E-state index contributed by atoms with van der Waals surface area (Å²) in [5.74, 6) is 1.06. The third kappa shape index (κ3) is 5.31. The van der Waals surface area contributed by atoms with Gasteiger partial charge in [-0.2, -0.15) is 0 Å². The van der Waals surface area contributed by atoms with Crippen LogP contribution < -0.4 is 10.6 Å². The van der Waals surface area contributed by atoms with Crippen LogP contribution in [0.5, 0.6) is 0 Å². The van der Waals surface area contributed by atoms with Crippen molar-refractivity contribution in [3.8, 4) is 0 Å². The number of fused-ring (bicyclic) bond motifs is 1. The fourth-order valence-electron chi connectivity index (χ4n) is 3.77. The van der Waals surface area contributed by atoms with Crippen LogP contribution in [0.3, 0.4) is 0 Å². The van der Waals surface area contributed by atoms with Gasteiger partial charge in [0.25, 0.3) is 0 Å². The Morgan fingerprint density at radius 2 is 1.93 bits per heavy atom. The fraction of sp³-hybridized carbons (Fsp3) is 0.571. The molecule has 6 nitrogen and oxygen atoms in total. The van der Waals surface area contributed by atoms with Crippen LogP contribution in [0.2, 0.25) is 0 Å². The van der Waals surface area contributed by atoms with Crippen LogP contribution >= 0.6 is 0 Å². The minimum atomic E-state index is -0.198. The zero-order chi connectivity index (χ0) is 19.2. The molecule has 0 radical (unpaired) electrons. The zero-order valence-electron chi connectivity index (χ0n) is 16.3. The molecule has 1 saturated carbocycles. The Bertz CT molecular complexity index is 744. The summed E-state index contributed by atoms with van der Waals surface area (Å²) in [6.07, 6.45) is 6.06. The maximum absolute atomic E-state index is 12.4. The monoisotopic (exact) mass is 370 g/mol. The van der Waals surface area contributed by atoms with E-state index >= 15 is 0 Å². The van der Waals surface area contributed by atoms with Gasteiger partial charge >= 0.3 is 0 Å². The second-order valence-electron chi connectivity index (χ2n) is 7.94. The van der Waals surface area contributed by atoms with Crippen LogP contribution in [0.1, 0.15) is 64.2 Å². The van der Waals surface area contributed by atoms with Crippen molar-refractivity contribution in [3.05, 3.63) is 30.1 Å². The zero-order valence-corrected chi connectivity index (χ0v) is 16.3. The number of aromatic nitrogens is 2. The van der Waals surface area contributed by atoms with Crippen molar-refractivity contribution in [3.63, 3.8) is 0 Å². The minimum Gasteiger partial charge on any atom is -0.347 e. The summed E-state index contributed by atoms with van der Waals surface area (Å²) >= 11 is 0. The fourth-order valence-corrected chi connectivity index (χ4v) is 3.77. The van der Waals surface area contributed by atoms with Crippen molar-refractivity contribution in [2.75, 3.05) is 6.54 Å². The number of para-hydroxylation sites is 2. The lowest BCUT2D eigenvalue weighted by molar-refractivity contribution is -0.129. The van der Waals surface area contributed by atoms with Gasteiger partial charge < -0.3 is 15.6 Å². The predicted molar refractivity (Wildman–Crippen MR) is 106 cm³/mol. The Kier molecular flexibility index (Phi) is 6.48. The van der Waals surface area contributed by atoms with E-state index in [0.717, 1.165) is 49.0 Å². The number of hydrogen-bond donors (Lipinski definition) is 3. The number of hydrogen-bond acceptors (Lipinski definition) is 3. The number of imidazole rings is 1. The van der Waals surface area contributed by atoms with E-state index < -0.39 is 0 Å². The van der Waals surface area contributed by atoms with E-state index in [1.807, 2.05) is 24.3 Å². The van der Waals surface area contributed by atoms with E-state index in [0.29, 0.717) is 5.92 Å². The molecule has 3 N–H and O–H groups in total. The lowest BCUT2D eigenvalue weighted by Gasteiger charge is -2.22. The van der Waals surface area contributed by atoms with Crippen LogP contribution in [-0.2, 0) is 9.59 Å². The molecule has 0 bridgehead atoms. The average Bonchev–Trinajstić information content (AvgIpc) is 3.10. The van der Waals surface area contributed by atoms with Gasteiger partial charge in [0.05, 0.1) is 23.6 Å². The smallest absolute Gasteiger partial charge is 0.239 e. The summed E-state index contributed by atoms with van der Waals surface area (Å²) in [5.41, 5.74) is 1.85.